The third-order valence-electron chi connectivity index (χ3n) is 3.50. The quantitative estimate of drug-likeness (QED) is 0.651. The molecule has 2 atom stereocenters. The number of aliphatic carboxylic acids is 2. The number of nitrogens with one attached hydrogen (secondary N) is 1. The van der Waals surface area contributed by atoms with Crippen molar-refractivity contribution in [3.63, 3.8) is 0 Å². The number of rotatable bonds is 2. The van der Waals surface area contributed by atoms with Crippen LogP contribution in [0.5, 0.6) is 0 Å². The van der Waals surface area contributed by atoms with Gasteiger partial charge in [-0.3, -0.25) is 0 Å². The van der Waals surface area contributed by atoms with E-state index in [0.717, 1.165) is 11.8 Å². The number of carboxylic acids is 2. The molecule has 0 aromatic carbocycles. The molecule has 2 rings (SSSR count). The molecular weight excluding hydrogens is 234 g/mol. The summed E-state index contributed by atoms with van der Waals surface area (Å²) in [6.45, 7) is 2.62. The van der Waals surface area contributed by atoms with Crippen LogP contribution in [0.4, 0.5) is 0 Å². The number of carboxylic acid groups (broad SMARTS) is 2. The minimum Gasteiger partial charge on any atom is -0.478 e. The van der Waals surface area contributed by atoms with Crippen LogP contribution in [0.3, 0.4) is 0 Å². The van der Waals surface area contributed by atoms with Gasteiger partial charge in [0.15, 0.2) is 0 Å². The third kappa shape index (κ3) is 5.82. The van der Waals surface area contributed by atoms with Crippen molar-refractivity contribution >= 4 is 11.9 Å². The molecule has 1 unspecified atom stereocenters. The van der Waals surface area contributed by atoms with Gasteiger partial charge in [-0.2, -0.15) is 0 Å². The summed E-state index contributed by atoms with van der Waals surface area (Å²) in [5, 5.41) is 19.1. The van der Waals surface area contributed by atoms with Crippen molar-refractivity contribution in [2.75, 3.05) is 13.1 Å². The van der Waals surface area contributed by atoms with Crippen LogP contribution in [0, 0.1) is 11.8 Å². The average molecular weight is 255 g/mol. The van der Waals surface area contributed by atoms with Crippen LogP contribution >= 0.6 is 0 Å². The molecule has 1 saturated heterocycles. The summed E-state index contributed by atoms with van der Waals surface area (Å²) in [7, 11) is 0. The van der Waals surface area contributed by atoms with Gasteiger partial charge in [0.05, 0.1) is 0 Å². The van der Waals surface area contributed by atoms with E-state index in [0.29, 0.717) is 12.2 Å². The molecule has 1 aliphatic carbocycles. The van der Waals surface area contributed by atoms with Crippen LogP contribution in [0.15, 0.2) is 12.2 Å². The Morgan fingerprint density at radius 3 is 1.72 bits per heavy atom. The first-order valence-electron chi connectivity index (χ1n) is 6.44. The summed E-state index contributed by atoms with van der Waals surface area (Å²) in [5.74, 6) is -0.426. The molecule has 102 valence electrons. The molecule has 0 radical (unpaired) electrons. The van der Waals surface area contributed by atoms with Crippen molar-refractivity contribution in [1.29, 1.82) is 0 Å². The standard InChI is InChI=1S/C9H17N.C4H4O4/c1-2-4-8-6-10-7-9(8)5-3-1;5-3(6)1-2-4(7)8/h8-10H,1-7H2;1-2H,(H,5,6)(H,7,8)/b;2-1+/t8-,9?;/m1./s1. The minimum atomic E-state index is -1.26. The Labute approximate surface area is 107 Å². The molecule has 1 saturated carbocycles. The lowest BCUT2D eigenvalue weighted by molar-refractivity contribution is -0.134. The zero-order valence-electron chi connectivity index (χ0n) is 10.5. The van der Waals surface area contributed by atoms with Crippen LogP contribution in [-0.4, -0.2) is 35.2 Å². The van der Waals surface area contributed by atoms with Gasteiger partial charge in [-0.15, -0.1) is 0 Å². The Bertz CT molecular complexity index is 286. The van der Waals surface area contributed by atoms with Crippen molar-refractivity contribution < 1.29 is 19.8 Å². The summed E-state index contributed by atoms with van der Waals surface area (Å²) in [6, 6.07) is 0. The Kier molecular flexibility index (Phi) is 6.43. The second-order valence-electron chi connectivity index (χ2n) is 4.83. The zero-order chi connectivity index (χ0) is 13.4. The van der Waals surface area contributed by atoms with Gasteiger partial charge < -0.3 is 15.5 Å². The molecule has 3 N–H and O–H groups in total. The fraction of sp³-hybridized carbons (Fsp3) is 0.692. The minimum absolute atomic E-state index is 0.558. The second-order valence-corrected chi connectivity index (χ2v) is 4.83. The van der Waals surface area contributed by atoms with Gasteiger partial charge in [0.2, 0.25) is 0 Å². The highest BCUT2D eigenvalue weighted by atomic mass is 16.4. The SMILES string of the molecule is C1CCC2CNC[C@H]2CC1.O=C(O)/C=C/C(=O)O. The highest BCUT2D eigenvalue weighted by Gasteiger charge is 2.27. The Hall–Kier alpha value is -1.36. The highest BCUT2D eigenvalue weighted by molar-refractivity contribution is 5.89. The summed E-state index contributed by atoms with van der Waals surface area (Å²) in [4.78, 5) is 19.1. The highest BCUT2D eigenvalue weighted by Crippen LogP contribution is 2.30. The molecular formula is C13H21NO4. The molecule has 2 aliphatic rings. The van der Waals surface area contributed by atoms with Crippen LogP contribution in [0.1, 0.15) is 32.1 Å². The number of carbonyl (C=O) groups is 2. The van der Waals surface area contributed by atoms with Crippen LogP contribution in [0.25, 0.3) is 0 Å². The molecule has 0 amide bonds. The molecule has 0 bridgehead atoms. The van der Waals surface area contributed by atoms with E-state index in [4.69, 9.17) is 10.2 Å². The van der Waals surface area contributed by atoms with E-state index in [1.165, 1.54) is 45.2 Å². The number of hydrogen-bond donors (Lipinski definition) is 3. The van der Waals surface area contributed by atoms with Gasteiger partial charge in [-0.05, 0) is 37.8 Å². The second kappa shape index (κ2) is 7.87. The molecule has 0 spiro atoms. The number of fused-ring (bicyclic) bond motifs is 1. The summed E-state index contributed by atoms with van der Waals surface area (Å²) >= 11 is 0. The van der Waals surface area contributed by atoms with Crippen molar-refractivity contribution in [3.8, 4) is 0 Å². The van der Waals surface area contributed by atoms with Crippen molar-refractivity contribution in [2.45, 2.75) is 32.1 Å². The maximum atomic E-state index is 9.55. The number of hydrogen-bond acceptors (Lipinski definition) is 3. The lowest BCUT2D eigenvalue weighted by atomic mass is 9.92. The van der Waals surface area contributed by atoms with Crippen LogP contribution in [0.2, 0.25) is 0 Å². The maximum Gasteiger partial charge on any atom is 0.328 e. The average Bonchev–Trinajstić information content (AvgIpc) is 2.64. The normalized spacial score (nSPS) is 26.9. The van der Waals surface area contributed by atoms with E-state index in [1.807, 2.05) is 0 Å². The summed E-state index contributed by atoms with van der Waals surface area (Å²) in [5.41, 5.74) is 0. The monoisotopic (exact) mass is 255 g/mol. The molecule has 0 aromatic rings. The Morgan fingerprint density at radius 2 is 1.33 bits per heavy atom. The first-order chi connectivity index (χ1) is 8.59. The van der Waals surface area contributed by atoms with Gasteiger partial charge in [-0.25, -0.2) is 9.59 Å². The smallest absolute Gasteiger partial charge is 0.328 e. The first kappa shape index (κ1) is 14.7. The molecule has 18 heavy (non-hydrogen) atoms. The van der Waals surface area contributed by atoms with Crippen molar-refractivity contribution in [3.05, 3.63) is 12.2 Å². The van der Waals surface area contributed by atoms with Gasteiger partial charge >= 0.3 is 11.9 Å². The van der Waals surface area contributed by atoms with E-state index in [2.05, 4.69) is 5.32 Å². The summed E-state index contributed by atoms with van der Waals surface area (Å²) in [6.07, 6.45) is 8.58. The predicted molar refractivity (Wildman–Crippen MR) is 67.3 cm³/mol. The fourth-order valence-electron chi connectivity index (χ4n) is 2.60. The molecule has 1 heterocycles. The van der Waals surface area contributed by atoms with Crippen molar-refractivity contribution in [2.24, 2.45) is 11.8 Å². The van der Waals surface area contributed by atoms with E-state index in [1.54, 1.807) is 0 Å². The van der Waals surface area contributed by atoms with E-state index in [-0.39, 0.29) is 0 Å². The Morgan fingerprint density at radius 1 is 0.889 bits per heavy atom. The lowest BCUT2D eigenvalue weighted by Crippen LogP contribution is -2.09. The van der Waals surface area contributed by atoms with Crippen LogP contribution < -0.4 is 5.32 Å². The summed E-state index contributed by atoms with van der Waals surface area (Å²) < 4.78 is 0. The lowest BCUT2D eigenvalue weighted by Gasteiger charge is -2.12. The Balaban J connectivity index is 0.000000187. The zero-order valence-corrected chi connectivity index (χ0v) is 10.5. The largest absolute Gasteiger partial charge is 0.478 e. The van der Waals surface area contributed by atoms with Gasteiger partial charge in [0.1, 0.15) is 0 Å². The van der Waals surface area contributed by atoms with E-state index >= 15 is 0 Å². The maximum absolute atomic E-state index is 9.55. The molecule has 5 heteroatoms. The van der Waals surface area contributed by atoms with E-state index in [9.17, 15) is 9.59 Å². The van der Waals surface area contributed by atoms with E-state index < -0.39 is 11.9 Å². The fourth-order valence-corrected chi connectivity index (χ4v) is 2.60. The molecule has 1 aliphatic heterocycles. The van der Waals surface area contributed by atoms with Gasteiger partial charge in [-0.1, -0.05) is 19.3 Å². The first-order valence-corrected chi connectivity index (χ1v) is 6.44. The molecule has 5 nitrogen and oxygen atoms in total. The van der Waals surface area contributed by atoms with Crippen molar-refractivity contribution in [1.82, 2.24) is 5.32 Å². The third-order valence-corrected chi connectivity index (χ3v) is 3.50. The van der Waals surface area contributed by atoms with Gasteiger partial charge in [0.25, 0.3) is 0 Å². The molecule has 2 fully saturated rings. The molecule has 0 aromatic heterocycles. The topological polar surface area (TPSA) is 86.6 Å². The predicted octanol–water partition coefficient (Wildman–Crippen LogP) is 1.50. The van der Waals surface area contributed by atoms with Crippen LogP contribution in [-0.2, 0) is 9.59 Å². The van der Waals surface area contributed by atoms with Gasteiger partial charge in [0, 0.05) is 12.2 Å².